The Morgan fingerprint density at radius 3 is 2.81 bits per heavy atom. The lowest BCUT2D eigenvalue weighted by molar-refractivity contribution is 0.111. The maximum atomic E-state index is 10.6. The maximum absolute atomic E-state index is 10.6. The summed E-state index contributed by atoms with van der Waals surface area (Å²) < 4.78 is 7.67. The summed E-state index contributed by atoms with van der Waals surface area (Å²) in [5.74, 6) is 0.466. The number of imidazole rings is 1. The Hall–Kier alpha value is -0.943. The molecule has 5 heteroatoms. The first kappa shape index (κ1) is 13.1. The number of carbonyl (C=O) groups excluding carboxylic acids is 1. The van der Waals surface area contributed by atoms with E-state index < -0.39 is 9.04 Å². The van der Waals surface area contributed by atoms with Gasteiger partial charge in [-0.1, -0.05) is 20.8 Å². The molecule has 0 aromatic carbocycles. The van der Waals surface area contributed by atoms with E-state index in [0.29, 0.717) is 19.0 Å². The number of carbonyl (C=O) groups is 1. The van der Waals surface area contributed by atoms with Crippen molar-refractivity contribution in [1.29, 1.82) is 0 Å². The minimum absolute atomic E-state index is 0.280. The average Bonchev–Trinajstić information content (AvgIpc) is 2.63. The molecule has 1 heterocycles. The third-order valence-electron chi connectivity index (χ3n) is 2.77. The highest BCUT2D eigenvalue weighted by Crippen LogP contribution is 2.26. The number of rotatable bonds is 5. The third kappa shape index (κ3) is 3.57. The number of hydrogen-bond donors (Lipinski definition) is 0. The van der Waals surface area contributed by atoms with Crippen molar-refractivity contribution in [3.63, 3.8) is 0 Å². The lowest BCUT2D eigenvalue weighted by Crippen LogP contribution is -2.27. The van der Waals surface area contributed by atoms with Gasteiger partial charge < -0.3 is 8.99 Å². The van der Waals surface area contributed by atoms with Gasteiger partial charge in [0, 0.05) is 18.9 Å². The van der Waals surface area contributed by atoms with E-state index in [1.54, 1.807) is 12.4 Å². The first-order chi connectivity index (χ1) is 7.45. The highest BCUT2D eigenvalue weighted by Gasteiger charge is 2.22. The largest absolute Gasteiger partial charge is 0.418 e. The molecule has 1 unspecified atom stereocenters. The molecule has 4 nitrogen and oxygen atoms in total. The Bertz CT molecular complexity index is 344. The zero-order valence-corrected chi connectivity index (χ0v) is 11.6. The van der Waals surface area contributed by atoms with Crippen molar-refractivity contribution < 1.29 is 9.22 Å². The van der Waals surface area contributed by atoms with Gasteiger partial charge in [-0.3, -0.25) is 4.79 Å². The minimum atomic E-state index is -1.16. The van der Waals surface area contributed by atoms with Crippen LogP contribution in [0.1, 0.15) is 31.4 Å². The SMILES string of the molecule is C[SiH](OCCn1ccnc1C=O)C(C)(C)C. The first-order valence-electron chi connectivity index (χ1n) is 5.53. The highest BCUT2D eigenvalue weighted by atomic mass is 28.3. The first-order valence-corrected chi connectivity index (χ1v) is 7.73. The van der Waals surface area contributed by atoms with Gasteiger partial charge in [0.2, 0.25) is 0 Å². The summed E-state index contributed by atoms with van der Waals surface area (Å²) in [6.07, 6.45) is 4.20. The van der Waals surface area contributed by atoms with Crippen molar-refractivity contribution >= 4 is 15.3 Å². The van der Waals surface area contributed by atoms with Crippen LogP contribution in [0.15, 0.2) is 12.4 Å². The summed E-state index contributed by atoms with van der Waals surface area (Å²) in [6, 6.07) is 0. The Kier molecular flexibility index (Phi) is 4.43. The van der Waals surface area contributed by atoms with E-state index in [1.165, 1.54) is 0 Å². The molecule has 1 rings (SSSR count). The van der Waals surface area contributed by atoms with Crippen LogP contribution in [0.3, 0.4) is 0 Å². The van der Waals surface area contributed by atoms with E-state index in [2.05, 4.69) is 32.3 Å². The monoisotopic (exact) mass is 240 g/mol. The molecule has 0 radical (unpaired) electrons. The molecule has 0 aliphatic heterocycles. The summed E-state index contributed by atoms with van der Waals surface area (Å²) >= 11 is 0. The second-order valence-electron chi connectivity index (χ2n) is 4.98. The van der Waals surface area contributed by atoms with Crippen LogP contribution in [-0.4, -0.2) is 31.5 Å². The average molecular weight is 240 g/mol. The van der Waals surface area contributed by atoms with E-state index in [9.17, 15) is 4.79 Å². The molecule has 16 heavy (non-hydrogen) atoms. The molecule has 1 aromatic heterocycles. The van der Waals surface area contributed by atoms with Crippen LogP contribution in [0, 0.1) is 0 Å². The van der Waals surface area contributed by atoms with Gasteiger partial charge in [0.25, 0.3) is 0 Å². The van der Waals surface area contributed by atoms with Crippen molar-refractivity contribution in [3.8, 4) is 0 Å². The number of aldehydes is 1. The molecule has 1 atom stereocenters. The zero-order valence-electron chi connectivity index (χ0n) is 10.4. The molecule has 0 fully saturated rings. The van der Waals surface area contributed by atoms with Gasteiger partial charge in [-0.2, -0.15) is 0 Å². The summed E-state index contributed by atoms with van der Waals surface area (Å²) in [4.78, 5) is 14.6. The normalized spacial score (nSPS) is 13.8. The van der Waals surface area contributed by atoms with Crippen molar-refractivity contribution in [2.75, 3.05) is 6.61 Å². The Morgan fingerprint density at radius 1 is 1.56 bits per heavy atom. The lowest BCUT2D eigenvalue weighted by Gasteiger charge is -2.25. The lowest BCUT2D eigenvalue weighted by atomic mass is 10.3. The molecule has 0 spiro atoms. The fourth-order valence-electron chi connectivity index (χ4n) is 1.21. The fourth-order valence-corrected chi connectivity index (χ4v) is 2.16. The van der Waals surface area contributed by atoms with Gasteiger partial charge in [-0.05, 0) is 11.6 Å². The second-order valence-corrected chi connectivity index (χ2v) is 8.33. The quantitative estimate of drug-likeness (QED) is 0.583. The predicted molar refractivity (Wildman–Crippen MR) is 66.3 cm³/mol. The molecule has 0 bridgehead atoms. The van der Waals surface area contributed by atoms with Gasteiger partial charge in [0.15, 0.2) is 21.2 Å². The smallest absolute Gasteiger partial charge is 0.185 e. The van der Waals surface area contributed by atoms with Crippen molar-refractivity contribution in [1.82, 2.24) is 9.55 Å². The predicted octanol–water partition coefficient (Wildman–Crippen LogP) is 1.87. The van der Waals surface area contributed by atoms with Crippen molar-refractivity contribution in [2.24, 2.45) is 0 Å². The van der Waals surface area contributed by atoms with Crippen molar-refractivity contribution in [3.05, 3.63) is 18.2 Å². The molecular weight excluding hydrogens is 220 g/mol. The number of nitrogens with zero attached hydrogens (tertiary/aromatic N) is 2. The van der Waals surface area contributed by atoms with Crippen LogP contribution in [0.25, 0.3) is 0 Å². The van der Waals surface area contributed by atoms with Crippen LogP contribution >= 0.6 is 0 Å². The molecule has 0 saturated heterocycles. The molecular formula is C11H20N2O2Si. The van der Waals surface area contributed by atoms with Crippen molar-refractivity contribution in [2.45, 2.75) is 38.9 Å². The van der Waals surface area contributed by atoms with E-state index >= 15 is 0 Å². The van der Waals surface area contributed by atoms with Gasteiger partial charge in [-0.25, -0.2) is 4.98 Å². The van der Waals surface area contributed by atoms with E-state index in [1.807, 2.05) is 4.57 Å². The molecule has 0 aliphatic rings. The highest BCUT2D eigenvalue weighted by molar-refractivity contribution is 6.53. The molecule has 90 valence electrons. The summed E-state index contributed by atoms with van der Waals surface area (Å²) in [5, 5.41) is 0.280. The van der Waals surface area contributed by atoms with E-state index in [4.69, 9.17) is 4.43 Å². The fraction of sp³-hybridized carbons (Fsp3) is 0.636. The van der Waals surface area contributed by atoms with Crippen LogP contribution < -0.4 is 0 Å². The Labute approximate surface area is 98.4 Å². The molecule has 0 aliphatic carbocycles. The minimum Gasteiger partial charge on any atom is -0.418 e. The number of aromatic nitrogens is 2. The van der Waals surface area contributed by atoms with Crippen LogP contribution in [-0.2, 0) is 11.0 Å². The molecule has 0 N–H and O–H groups in total. The summed E-state index contributed by atoms with van der Waals surface area (Å²) in [6.45, 7) is 10.2. The van der Waals surface area contributed by atoms with E-state index in [0.717, 1.165) is 6.29 Å². The van der Waals surface area contributed by atoms with E-state index in [-0.39, 0.29) is 5.04 Å². The molecule has 0 saturated carbocycles. The van der Waals surface area contributed by atoms with Crippen LogP contribution in [0.5, 0.6) is 0 Å². The van der Waals surface area contributed by atoms with Gasteiger partial charge in [-0.15, -0.1) is 0 Å². The maximum Gasteiger partial charge on any atom is 0.185 e. The zero-order chi connectivity index (χ0) is 12.2. The molecule has 1 aromatic rings. The van der Waals surface area contributed by atoms with Crippen LogP contribution in [0.2, 0.25) is 11.6 Å². The number of hydrogen-bond acceptors (Lipinski definition) is 3. The Balaban J connectivity index is 2.39. The summed E-state index contributed by atoms with van der Waals surface area (Å²) in [5.41, 5.74) is 0. The Morgan fingerprint density at radius 2 is 2.25 bits per heavy atom. The standard InChI is InChI=1S/C11H20N2O2Si/c1-11(2,3)16(4)15-8-7-13-6-5-12-10(13)9-14/h5-6,9,16H,7-8H2,1-4H3. The second kappa shape index (κ2) is 5.40. The topological polar surface area (TPSA) is 44.1 Å². The third-order valence-corrected chi connectivity index (χ3v) is 5.95. The van der Waals surface area contributed by atoms with Gasteiger partial charge >= 0.3 is 0 Å². The van der Waals surface area contributed by atoms with Crippen LogP contribution in [0.4, 0.5) is 0 Å². The van der Waals surface area contributed by atoms with Gasteiger partial charge in [0.05, 0.1) is 6.61 Å². The summed E-state index contributed by atoms with van der Waals surface area (Å²) in [7, 11) is -1.16. The molecule has 0 amide bonds. The van der Waals surface area contributed by atoms with Gasteiger partial charge in [0.1, 0.15) is 0 Å².